The van der Waals surface area contributed by atoms with Crippen molar-refractivity contribution in [1.29, 1.82) is 0 Å². The van der Waals surface area contributed by atoms with Gasteiger partial charge in [-0.1, -0.05) is 26.0 Å². The molecule has 18 heavy (non-hydrogen) atoms. The standard InChI is InChI=1S/C15H20INO/c1-10(2)13-8-5-9-17(13)15(18)12-7-4-6-11(3)14(12)16/h4,6-7,10,13H,5,8-9H2,1-3H3. The highest BCUT2D eigenvalue weighted by molar-refractivity contribution is 14.1. The van der Waals surface area contributed by atoms with E-state index in [0.717, 1.165) is 28.5 Å². The van der Waals surface area contributed by atoms with Crippen LogP contribution in [0.3, 0.4) is 0 Å². The van der Waals surface area contributed by atoms with Gasteiger partial charge >= 0.3 is 0 Å². The minimum absolute atomic E-state index is 0.208. The van der Waals surface area contributed by atoms with Gasteiger partial charge in [0.15, 0.2) is 0 Å². The van der Waals surface area contributed by atoms with E-state index in [-0.39, 0.29) is 5.91 Å². The monoisotopic (exact) mass is 357 g/mol. The van der Waals surface area contributed by atoms with Crippen molar-refractivity contribution in [2.75, 3.05) is 6.54 Å². The molecule has 1 aliphatic heterocycles. The molecule has 2 rings (SSSR count). The zero-order valence-electron chi connectivity index (χ0n) is 11.2. The number of nitrogens with zero attached hydrogens (tertiary/aromatic N) is 1. The number of carbonyl (C=O) groups excluding carboxylic acids is 1. The van der Waals surface area contributed by atoms with E-state index in [0.29, 0.717) is 12.0 Å². The second-order valence-corrected chi connectivity index (χ2v) is 6.47. The van der Waals surface area contributed by atoms with E-state index in [1.165, 1.54) is 5.56 Å². The van der Waals surface area contributed by atoms with Crippen LogP contribution in [0.4, 0.5) is 0 Å². The molecular formula is C15H20INO. The number of amides is 1. The summed E-state index contributed by atoms with van der Waals surface area (Å²) in [5, 5.41) is 0. The average Bonchev–Trinajstić information content (AvgIpc) is 2.81. The molecule has 98 valence electrons. The fraction of sp³-hybridized carbons (Fsp3) is 0.533. The third-order valence-corrected chi connectivity index (χ3v) is 5.18. The summed E-state index contributed by atoms with van der Waals surface area (Å²) in [6.45, 7) is 7.38. The Hall–Kier alpha value is -0.580. The summed E-state index contributed by atoms with van der Waals surface area (Å²) in [4.78, 5) is 14.7. The van der Waals surface area contributed by atoms with Gasteiger partial charge in [-0.3, -0.25) is 4.79 Å². The maximum atomic E-state index is 12.7. The second-order valence-electron chi connectivity index (χ2n) is 5.39. The molecule has 2 nitrogen and oxygen atoms in total. The van der Waals surface area contributed by atoms with Crippen molar-refractivity contribution < 1.29 is 4.79 Å². The number of rotatable bonds is 2. The van der Waals surface area contributed by atoms with E-state index < -0.39 is 0 Å². The minimum Gasteiger partial charge on any atom is -0.335 e. The maximum Gasteiger partial charge on any atom is 0.255 e. The van der Waals surface area contributed by atoms with Crippen molar-refractivity contribution in [2.24, 2.45) is 5.92 Å². The summed E-state index contributed by atoms with van der Waals surface area (Å²) in [5.74, 6) is 0.748. The van der Waals surface area contributed by atoms with Crippen LogP contribution in [0.5, 0.6) is 0 Å². The van der Waals surface area contributed by atoms with E-state index in [4.69, 9.17) is 0 Å². The van der Waals surface area contributed by atoms with Gasteiger partial charge in [-0.25, -0.2) is 0 Å². The lowest BCUT2D eigenvalue weighted by atomic mass is 10.0. The number of likely N-dealkylation sites (tertiary alicyclic amines) is 1. The molecule has 1 aliphatic rings. The molecule has 1 heterocycles. The Morgan fingerprint density at radius 3 is 2.83 bits per heavy atom. The molecule has 0 saturated carbocycles. The summed E-state index contributed by atoms with van der Waals surface area (Å²) in [6.07, 6.45) is 2.28. The Balaban J connectivity index is 2.28. The molecule has 1 amide bonds. The fourth-order valence-corrected chi connectivity index (χ4v) is 3.30. The van der Waals surface area contributed by atoms with Gasteiger partial charge < -0.3 is 4.90 Å². The molecule has 1 saturated heterocycles. The van der Waals surface area contributed by atoms with Crippen LogP contribution in [0, 0.1) is 16.4 Å². The van der Waals surface area contributed by atoms with Crippen LogP contribution in [0.15, 0.2) is 18.2 Å². The van der Waals surface area contributed by atoms with Crippen LogP contribution in [-0.2, 0) is 0 Å². The van der Waals surface area contributed by atoms with Gasteiger partial charge in [0.25, 0.3) is 5.91 Å². The topological polar surface area (TPSA) is 20.3 Å². The largest absolute Gasteiger partial charge is 0.335 e. The Morgan fingerprint density at radius 2 is 2.17 bits per heavy atom. The molecule has 0 spiro atoms. The lowest BCUT2D eigenvalue weighted by Crippen LogP contribution is -2.38. The van der Waals surface area contributed by atoms with Gasteiger partial charge in [0, 0.05) is 16.2 Å². The van der Waals surface area contributed by atoms with Crippen molar-refractivity contribution in [3.05, 3.63) is 32.9 Å². The summed E-state index contributed by atoms with van der Waals surface area (Å²) >= 11 is 2.28. The maximum absolute atomic E-state index is 12.7. The smallest absolute Gasteiger partial charge is 0.255 e. The zero-order chi connectivity index (χ0) is 13.3. The van der Waals surface area contributed by atoms with Crippen molar-refractivity contribution in [1.82, 2.24) is 4.90 Å². The highest BCUT2D eigenvalue weighted by Gasteiger charge is 2.32. The summed E-state index contributed by atoms with van der Waals surface area (Å²) in [5.41, 5.74) is 2.05. The highest BCUT2D eigenvalue weighted by Crippen LogP contribution is 2.27. The molecular weight excluding hydrogens is 337 g/mol. The van der Waals surface area contributed by atoms with Gasteiger partial charge in [-0.15, -0.1) is 0 Å². The van der Waals surface area contributed by atoms with E-state index in [9.17, 15) is 4.79 Å². The van der Waals surface area contributed by atoms with Gasteiger partial charge in [-0.2, -0.15) is 0 Å². The summed E-state index contributed by atoms with van der Waals surface area (Å²) in [6, 6.07) is 6.40. The van der Waals surface area contributed by atoms with Crippen LogP contribution < -0.4 is 0 Å². The Morgan fingerprint density at radius 1 is 1.44 bits per heavy atom. The van der Waals surface area contributed by atoms with Crippen LogP contribution in [-0.4, -0.2) is 23.4 Å². The summed E-state index contributed by atoms with van der Waals surface area (Å²) < 4.78 is 1.09. The number of benzene rings is 1. The second kappa shape index (κ2) is 5.59. The fourth-order valence-electron chi connectivity index (χ4n) is 2.71. The van der Waals surface area contributed by atoms with Crippen molar-refractivity contribution >= 4 is 28.5 Å². The number of hydrogen-bond acceptors (Lipinski definition) is 1. The number of halogens is 1. The first kappa shape index (κ1) is 13.8. The van der Waals surface area contributed by atoms with Crippen LogP contribution in [0.2, 0.25) is 0 Å². The van der Waals surface area contributed by atoms with Gasteiger partial charge in [0.1, 0.15) is 0 Å². The SMILES string of the molecule is Cc1cccc(C(=O)N2CCCC2C(C)C)c1I. The quantitative estimate of drug-likeness (QED) is 0.736. The lowest BCUT2D eigenvalue weighted by molar-refractivity contribution is 0.0700. The molecule has 0 radical (unpaired) electrons. The van der Waals surface area contributed by atoms with E-state index in [2.05, 4.69) is 54.3 Å². The normalized spacial score (nSPS) is 19.6. The Bertz CT molecular complexity index is 456. The van der Waals surface area contributed by atoms with E-state index >= 15 is 0 Å². The first-order chi connectivity index (χ1) is 8.52. The van der Waals surface area contributed by atoms with Gasteiger partial charge in [0.2, 0.25) is 0 Å². The molecule has 1 fully saturated rings. The first-order valence-corrected chi connectivity index (χ1v) is 7.66. The van der Waals surface area contributed by atoms with E-state index in [1.54, 1.807) is 0 Å². The Kier molecular flexibility index (Phi) is 4.30. The predicted molar refractivity (Wildman–Crippen MR) is 82.8 cm³/mol. The molecule has 3 heteroatoms. The summed E-state index contributed by atoms with van der Waals surface area (Å²) in [7, 11) is 0. The van der Waals surface area contributed by atoms with E-state index in [1.807, 2.05) is 12.1 Å². The van der Waals surface area contributed by atoms with Crippen molar-refractivity contribution in [3.8, 4) is 0 Å². The van der Waals surface area contributed by atoms with Crippen LogP contribution >= 0.6 is 22.6 Å². The van der Waals surface area contributed by atoms with Crippen LogP contribution in [0.25, 0.3) is 0 Å². The third kappa shape index (κ3) is 2.56. The number of carbonyl (C=O) groups is 1. The average molecular weight is 357 g/mol. The molecule has 0 aliphatic carbocycles. The van der Waals surface area contributed by atoms with Crippen LogP contribution in [0.1, 0.15) is 42.6 Å². The highest BCUT2D eigenvalue weighted by atomic mass is 127. The molecule has 1 aromatic carbocycles. The number of aryl methyl sites for hydroxylation is 1. The third-order valence-electron chi connectivity index (χ3n) is 3.75. The molecule has 1 unspecified atom stereocenters. The molecule has 0 aromatic heterocycles. The minimum atomic E-state index is 0.208. The predicted octanol–water partition coefficient (Wildman–Crippen LogP) is 3.86. The van der Waals surface area contributed by atoms with Gasteiger partial charge in [-0.05, 0) is 59.9 Å². The Labute approximate surface area is 123 Å². The first-order valence-electron chi connectivity index (χ1n) is 6.58. The lowest BCUT2D eigenvalue weighted by Gasteiger charge is -2.28. The van der Waals surface area contributed by atoms with Crippen molar-refractivity contribution in [3.63, 3.8) is 0 Å². The zero-order valence-corrected chi connectivity index (χ0v) is 13.4. The molecule has 0 N–H and O–H groups in total. The molecule has 0 bridgehead atoms. The molecule has 1 aromatic rings. The van der Waals surface area contributed by atoms with Gasteiger partial charge in [0.05, 0.1) is 5.56 Å². The van der Waals surface area contributed by atoms with Crippen molar-refractivity contribution in [2.45, 2.75) is 39.7 Å². The number of hydrogen-bond donors (Lipinski definition) is 0. The molecule has 1 atom stereocenters.